The number of fused-ring (bicyclic) bond motifs is 1. The maximum Gasteiger partial charge on any atom is 0.270 e. The standard InChI is InChI=1S/C19H21N5O2/c25-19(17-12-15-3-5-21-14-18(15)22-17)24-8-6-23(7-9-24)10-11-26-16-2-1-4-20-13-16/h1-5,12-14,22H,6-11H2. The van der Waals surface area contributed by atoms with Crippen molar-refractivity contribution in [2.24, 2.45) is 0 Å². The van der Waals surface area contributed by atoms with E-state index in [1.165, 1.54) is 0 Å². The van der Waals surface area contributed by atoms with Crippen LogP contribution in [0.25, 0.3) is 10.9 Å². The van der Waals surface area contributed by atoms with E-state index in [0.29, 0.717) is 12.3 Å². The number of pyridine rings is 2. The number of nitrogens with zero attached hydrogens (tertiary/aromatic N) is 4. The summed E-state index contributed by atoms with van der Waals surface area (Å²) in [6, 6.07) is 7.57. The fourth-order valence-electron chi connectivity index (χ4n) is 3.16. The lowest BCUT2D eigenvalue weighted by atomic mass is 10.2. The van der Waals surface area contributed by atoms with Gasteiger partial charge in [0.05, 0.1) is 17.9 Å². The summed E-state index contributed by atoms with van der Waals surface area (Å²) >= 11 is 0. The Balaban J connectivity index is 1.27. The lowest BCUT2D eigenvalue weighted by Gasteiger charge is -2.34. The number of aromatic nitrogens is 3. The molecule has 26 heavy (non-hydrogen) atoms. The van der Waals surface area contributed by atoms with E-state index in [-0.39, 0.29) is 5.91 Å². The van der Waals surface area contributed by atoms with Crippen molar-refractivity contribution in [1.29, 1.82) is 0 Å². The molecule has 0 spiro atoms. The van der Waals surface area contributed by atoms with Crippen LogP contribution >= 0.6 is 0 Å². The Kier molecular flexibility index (Phi) is 4.79. The highest BCUT2D eigenvalue weighted by molar-refractivity contribution is 5.97. The monoisotopic (exact) mass is 351 g/mol. The molecule has 1 aliphatic heterocycles. The Labute approximate surface area is 151 Å². The molecule has 4 rings (SSSR count). The number of hydrogen-bond donors (Lipinski definition) is 1. The Hall–Kier alpha value is -2.93. The molecule has 3 aromatic heterocycles. The minimum absolute atomic E-state index is 0.0486. The summed E-state index contributed by atoms with van der Waals surface area (Å²) in [6.45, 7) is 4.61. The van der Waals surface area contributed by atoms with Gasteiger partial charge in [-0.1, -0.05) is 0 Å². The third kappa shape index (κ3) is 3.67. The molecular formula is C19H21N5O2. The summed E-state index contributed by atoms with van der Waals surface area (Å²) in [7, 11) is 0. The molecule has 0 saturated carbocycles. The average molecular weight is 351 g/mol. The van der Waals surface area contributed by atoms with Crippen molar-refractivity contribution in [2.45, 2.75) is 0 Å². The van der Waals surface area contributed by atoms with Crippen LogP contribution in [0.2, 0.25) is 0 Å². The number of rotatable bonds is 5. The quantitative estimate of drug-likeness (QED) is 0.759. The first-order chi connectivity index (χ1) is 12.8. The van der Waals surface area contributed by atoms with Crippen molar-refractivity contribution in [1.82, 2.24) is 24.8 Å². The Morgan fingerprint density at radius 3 is 2.73 bits per heavy atom. The number of carbonyl (C=O) groups excluding carboxylic acids is 1. The molecule has 134 valence electrons. The SMILES string of the molecule is O=C(c1cc2ccncc2[nH]1)N1CCN(CCOc2cccnc2)CC1. The molecular weight excluding hydrogens is 330 g/mol. The van der Waals surface area contributed by atoms with Gasteiger partial charge in [0.1, 0.15) is 18.1 Å². The molecule has 7 heteroatoms. The fraction of sp³-hybridized carbons (Fsp3) is 0.316. The first kappa shape index (κ1) is 16.5. The Morgan fingerprint density at radius 2 is 1.96 bits per heavy atom. The number of carbonyl (C=O) groups is 1. The zero-order chi connectivity index (χ0) is 17.8. The van der Waals surface area contributed by atoms with Gasteiger partial charge in [-0.3, -0.25) is 19.7 Å². The van der Waals surface area contributed by atoms with Gasteiger partial charge in [0.2, 0.25) is 0 Å². The smallest absolute Gasteiger partial charge is 0.270 e. The zero-order valence-corrected chi connectivity index (χ0v) is 14.5. The summed E-state index contributed by atoms with van der Waals surface area (Å²) < 4.78 is 5.69. The van der Waals surface area contributed by atoms with Crippen LogP contribution in [-0.2, 0) is 0 Å². The van der Waals surface area contributed by atoms with Crippen molar-refractivity contribution in [3.05, 3.63) is 54.7 Å². The van der Waals surface area contributed by atoms with Gasteiger partial charge in [0.15, 0.2) is 0 Å². The first-order valence-corrected chi connectivity index (χ1v) is 8.77. The summed E-state index contributed by atoms with van der Waals surface area (Å²) in [5, 5.41) is 1.01. The summed E-state index contributed by atoms with van der Waals surface area (Å²) in [6.07, 6.45) is 6.92. The number of H-pyrrole nitrogens is 1. The second-order valence-corrected chi connectivity index (χ2v) is 6.32. The van der Waals surface area contributed by atoms with E-state index >= 15 is 0 Å². The van der Waals surface area contributed by atoms with Crippen molar-refractivity contribution in [2.75, 3.05) is 39.3 Å². The normalized spacial score (nSPS) is 15.3. The highest BCUT2D eigenvalue weighted by Gasteiger charge is 2.23. The maximum atomic E-state index is 12.7. The lowest BCUT2D eigenvalue weighted by molar-refractivity contribution is 0.0615. The van der Waals surface area contributed by atoms with Gasteiger partial charge in [-0.25, -0.2) is 0 Å². The van der Waals surface area contributed by atoms with E-state index < -0.39 is 0 Å². The minimum atomic E-state index is 0.0486. The van der Waals surface area contributed by atoms with Crippen LogP contribution in [0.4, 0.5) is 0 Å². The van der Waals surface area contributed by atoms with Gasteiger partial charge < -0.3 is 14.6 Å². The molecule has 1 amide bonds. The van der Waals surface area contributed by atoms with Crippen molar-refractivity contribution < 1.29 is 9.53 Å². The number of ether oxygens (including phenoxy) is 1. The number of amides is 1. The highest BCUT2D eigenvalue weighted by atomic mass is 16.5. The van der Waals surface area contributed by atoms with E-state index in [1.54, 1.807) is 24.8 Å². The highest BCUT2D eigenvalue weighted by Crippen LogP contribution is 2.16. The van der Waals surface area contributed by atoms with Crippen LogP contribution < -0.4 is 4.74 Å². The second kappa shape index (κ2) is 7.53. The van der Waals surface area contributed by atoms with Crippen LogP contribution in [0.3, 0.4) is 0 Å². The Bertz CT molecular complexity index is 839. The maximum absolute atomic E-state index is 12.7. The summed E-state index contributed by atoms with van der Waals surface area (Å²) in [4.78, 5) is 28.2. The molecule has 1 N–H and O–H groups in total. The van der Waals surface area contributed by atoms with Gasteiger partial charge in [-0.2, -0.15) is 0 Å². The third-order valence-electron chi connectivity index (χ3n) is 4.62. The lowest BCUT2D eigenvalue weighted by Crippen LogP contribution is -2.49. The van der Waals surface area contributed by atoms with Gasteiger partial charge in [0.25, 0.3) is 5.91 Å². The molecule has 0 aromatic carbocycles. The van der Waals surface area contributed by atoms with Crippen LogP contribution in [0.5, 0.6) is 5.75 Å². The zero-order valence-electron chi connectivity index (χ0n) is 14.5. The predicted molar refractivity (Wildman–Crippen MR) is 98.2 cm³/mol. The van der Waals surface area contributed by atoms with Crippen LogP contribution in [0, 0.1) is 0 Å². The molecule has 1 aliphatic rings. The van der Waals surface area contributed by atoms with E-state index in [4.69, 9.17) is 4.74 Å². The second-order valence-electron chi connectivity index (χ2n) is 6.32. The molecule has 0 aliphatic carbocycles. The van der Waals surface area contributed by atoms with Crippen LogP contribution in [0.15, 0.2) is 49.1 Å². The molecule has 0 unspecified atom stereocenters. The number of hydrogen-bond acceptors (Lipinski definition) is 5. The Morgan fingerprint density at radius 1 is 1.12 bits per heavy atom. The molecule has 4 heterocycles. The van der Waals surface area contributed by atoms with Gasteiger partial charge in [-0.05, 0) is 24.3 Å². The molecule has 1 saturated heterocycles. The number of aromatic amines is 1. The fourth-order valence-corrected chi connectivity index (χ4v) is 3.16. The molecule has 7 nitrogen and oxygen atoms in total. The van der Waals surface area contributed by atoms with Crippen LogP contribution in [-0.4, -0.2) is 70.0 Å². The van der Waals surface area contributed by atoms with Crippen molar-refractivity contribution in [3.63, 3.8) is 0 Å². The largest absolute Gasteiger partial charge is 0.491 e. The molecule has 0 atom stereocenters. The molecule has 3 aromatic rings. The van der Waals surface area contributed by atoms with Crippen molar-refractivity contribution >= 4 is 16.8 Å². The topological polar surface area (TPSA) is 74.4 Å². The molecule has 0 radical (unpaired) electrons. The van der Waals surface area contributed by atoms with E-state index in [1.807, 2.05) is 29.2 Å². The first-order valence-electron chi connectivity index (χ1n) is 8.77. The van der Waals surface area contributed by atoms with E-state index in [9.17, 15) is 4.79 Å². The predicted octanol–water partition coefficient (Wildman–Crippen LogP) is 1.79. The van der Waals surface area contributed by atoms with Crippen LogP contribution in [0.1, 0.15) is 10.5 Å². The minimum Gasteiger partial charge on any atom is -0.491 e. The van der Waals surface area contributed by atoms with E-state index in [2.05, 4.69) is 19.9 Å². The van der Waals surface area contributed by atoms with Crippen molar-refractivity contribution in [3.8, 4) is 5.75 Å². The summed E-state index contributed by atoms with van der Waals surface area (Å²) in [5.74, 6) is 0.835. The van der Waals surface area contributed by atoms with Gasteiger partial charge in [0, 0.05) is 50.5 Å². The molecule has 0 bridgehead atoms. The average Bonchev–Trinajstić information content (AvgIpc) is 3.13. The van der Waals surface area contributed by atoms with Gasteiger partial charge >= 0.3 is 0 Å². The molecule has 1 fully saturated rings. The number of nitrogens with one attached hydrogen (secondary N) is 1. The third-order valence-corrected chi connectivity index (χ3v) is 4.62. The van der Waals surface area contributed by atoms with Gasteiger partial charge in [-0.15, -0.1) is 0 Å². The van der Waals surface area contributed by atoms with E-state index in [0.717, 1.165) is 49.4 Å². The summed E-state index contributed by atoms with van der Waals surface area (Å²) in [5.41, 5.74) is 1.52. The number of piperazine rings is 1.